The van der Waals surface area contributed by atoms with Gasteiger partial charge in [-0.15, -0.1) is 0 Å². The Bertz CT molecular complexity index is 658. The Labute approximate surface area is 125 Å². The normalized spacial score (nSPS) is 10.3. The Hall–Kier alpha value is -1.88. The third-order valence-corrected chi connectivity index (χ3v) is 3.29. The maximum atomic E-state index is 13.4. The molecule has 0 fully saturated rings. The molecule has 0 aliphatic rings. The van der Waals surface area contributed by atoms with Crippen molar-refractivity contribution >= 4 is 21.8 Å². The zero-order valence-electron chi connectivity index (χ0n) is 10.9. The van der Waals surface area contributed by atoms with E-state index in [-0.39, 0.29) is 12.4 Å². The van der Waals surface area contributed by atoms with E-state index in [1.165, 1.54) is 12.1 Å². The molecule has 0 saturated carbocycles. The van der Waals surface area contributed by atoms with Crippen LogP contribution in [-0.2, 0) is 6.61 Å². The van der Waals surface area contributed by atoms with Crippen LogP contribution < -0.4 is 10.5 Å². The summed E-state index contributed by atoms with van der Waals surface area (Å²) in [7, 11) is 0. The Morgan fingerprint density at radius 3 is 2.70 bits per heavy atom. The minimum Gasteiger partial charge on any atom is -0.489 e. The van der Waals surface area contributed by atoms with E-state index in [0.717, 1.165) is 15.8 Å². The SMILES string of the molecule is Cc1cc(Br)ccc1OCc1cc(F)cc(C(=N)N)c1. The van der Waals surface area contributed by atoms with Crippen molar-refractivity contribution in [1.29, 1.82) is 5.41 Å². The molecule has 0 aromatic heterocycles. The zero-order chi connectivity index (χ0) is 14.7. The molecule has 5 heteroatoms. The van der Waals surface area contributed by atoms with Gasteiger partial charge in [-0.05, 0) is 54.4 Å². The first-order chi connectivity index (χ1) is 9.45. The van der Waals surface area contributed by atoms with Gasteiger partial charge in [-0.2, -0.15) is 0 Å². The second-order valence-electron chi connectivity index (χ2n) is 4.46. The van der Waals surface area contributed by atoms with Gasteiger partial charge in [0.15, 0.2) is 0 Å². The minimum atomic E-state index is -0.427. The summed E-state index contributed by atoms with van der Waals surface area (Å²) in [5, 5.41) is 7.35. The first-order valence-electron chi connectivity index (χ1n) is 5.98. The lowest BCUT2D eigenvalue weighted by atomic mass is 10.1. The highest BCUT2D eigenvalue weighted by Crippen LogP contribution is 2.23. The number of hydrogen-bond donors (Lipinski definition) is 2. The van der Waals surface area contributed by atoms with Gasteiger partial charge in [-0.25, -0.2) is 4.39 Å². The standard InChI is InChI=1S/C15H14BrFN2O/c1-9-4-12(16)2-3-14(9)20-8-10-5-11(15(18)19)7-13(17)6-10/h2-7H,8H2,1H3,(H3,18,19). The van der Waals surface area contributed by atoms with Crippen LogP contribution in [-0.4, -0.2) is 5.84 Å². The molecule has 0 heterocycles. The molecule has 0 atom stereocenters. The number of ether oxygens (including phenoxy) is 1. The van der Waals surface area contributed by atoms with Crippen molar-refractivity contribution < 1.29 is 9.13 Å². The van der Waals surface area contributed by atoms with Gasteiger partial charge in [0.05, 0.1) is 0 Å². The van der Waals surface area contributed by atoms with E-state index in [2.05, 4.69) is 15.9 Å². The number of benzene rings is 2. The van der Waals surface area contributed by atoms with Crippen molar-refractivity contribution in [3.63, 3.8) is 0 Å². The van der Waals surface area contributed by atoms with Crippen molar-refractivity contribution in [1.82, 2.24) is 0 Å². The van der Waals surface area contributed by atoms with Crippen LogP contribution >= 0.6 is 15.9 Å². The number of aryl methyl sites for hydroxylation is 1. The molecule has 0 spiro atoms. The number of halogens is 2. The second kappa shape index (κ2) is 6.05. The molecular formula is C15H14BrFN2O. The van der Waals surface area contributed by atoms with Gasteiger partial charge < -0.3 is 10.5 Å². The summed E-state index contributed by atoms with van der Waals surface area (Å²) in [6, 6.07) is 9.94. The molecule has 2 aromatic carbocycles. The third kappa shape index (κ3) is 3.57. The Balaban J connectivity index is 2.16. The molecule has 0 aliphatic carbocycles. The minimum absolute atomic E-state index is 0.162. The van der Waals surface area contributed by atoms with E-state index < -0.39 is 5.82 Å². The van der Waals surface area contributed by atoms with Crippen LogP contribution in [0.1, 0.15) is 16.7 Å². The fourth-order valence-electron chi connectivity index (χ4n) is 1.83. The molecule has 0 unspecified atom stereocenters. The predicted molar refractivity (Wildman–Crippen MR) is 80.6 cm³/mol. The molecule has 3 nitrogen and oxygen atoms in total. The van der Waals surface area contributed by atoms with Gasteiger partial charge in [0.1, 0.15) is 24.0 Å². The predicted octanol–water partition coefficient (Wildman–Crippen LogP) is 3.76. The molecule has 0 amide bonds. The van der Waals surface area contributed by atoms with E-state index in [1.54, 1.807) is 6.07 Å². The van der Waals surface area contributed by atoms with Crippen molar-refractivity contribution in [3.8, 4) is 5.75 Å². The summed E-state index contributed by atoms with van der Waals surface area (Å²) in [5.41, 5.74) is 7.35. The fraction of sp³-hybridized carbons (Fsp3) is 0.133. The monoisotopic (exact) mass is 336 g/mol. The van der Waals surface area contributed by atoms with Gasteiger partial charge in [0.25, 0.3) is 0 Å². The quantitative estimate of drug-likeness (QED) is 0.659. The van der Waals surface area contributed by atoms with Gasteiger partial charge in [0.2, 0.25) is 0 Å². The highest BCUT2D eigenvalue weighted by Gasteiger charge is 2.05. The van der Waals surface area contributed by atoms with Crippen molar-refractivity contribution in [2.45, 2.75) is 13.5 Å². The van der Waals surface area contributed by atoms with Crippen LogP contribution in [0.5, 0.6) is 5.75 Å². The van der Waals surface area contributed by atoms with Gasteiger partial charge in [-0.1, -0.05) is 15.9 Å². The van der Waals surface area contributed by atoms with Gasteiger partial charge >= 0.3 is 0 Å². The summed E-state index contributed by atoms with van der Waals surface area (Å²) < 4.78 is 20.1. The summed E-state index contributed by atoms with van der Waals surface area (Å²) >= 11 is 3.38. The number of hydrogen-bond acceptors (Lipinski definition) is 2. The lowest BCUT2D eigenvalue weighted by Crippen LogP contribution is -2.12. The van der Waals surface area contributed by atoms with Crippen molar-refractivity contribution in [2.75, 3.05) is 0 Å². The van der Waals surface area contributed by atoms with Crippen LogP contribution in [0.15, 0.2) is 40.9 Å². The number of nitrogen functional groups attached to an aromatic ring is 1. The van der Waals surface area contributed by atoms with Gasteiger partial charge in [0, 0.05) is 10.0 Å². The molecule has 0 aliphatic heterocycles. The van der Waals surface area contributed by atoms with Crippen LogP contribution in [0.25, 0.3) is 0 Å². The average molecular weight is 337 g/mol. The third-order valence-electron chi connectivity index (χ3n) is 2.80. The Kier molecular flexibility index (Phi) is 4.39. The van der Waals surface area contributed by atoms with E-state index in [1.807, 2.05) is 25.1 Å². The largest absolute Gasteiger partial charge is 0.489 e. The molecule has 0 bridgehead atoms. The van der Waals surface area contributed by atoms with Crippen LogP contribution in [0.2, 0.25) is 0 Å². The molecule has 0 saturated heterocycles. The van der Waals surface area contributed by atoms with E-state index in [4.69, 9.17) is 15.9 Å². The molecule has 3 N–H and O–H groups in total. The topological polar surface area (TPSA) is 59.1 Å². The number of nitrogens with one attached hydrogen (secondary N) is 1. The number of nitrogens with two attached hydrogens (primary N) is 1. The van der Waals surface area contributed by atoms with Gasteiger partial charge in [-0.3, -0.25) is 5.41 Å². The number of amidine groups is 1. The summed E-state index contributed by atoms with van der Waals surface area (Å²) in [4.78, 5) is 0. The molecule has 20 heavy (non-hydrogen) atoms. The summed E-state index contributed by atoms with van der Waals surface area (Å²) in [6.07, 6.45) is 0. The van der Waals surface area contributed by atoms with Crippen molar-refractivity contribution in [2.24, 2.45) is 5.73 Å². The van der Waals surface area contributed by atoms with Crippen LogP contribution in [0.4, 0.5) is 4.39 Å². The molecule has 0 radical (unpaired) electrons. The molecule has 2 aromatic rings. The Morgan fingerprint density at radius 1 is 1.30 bits per heavy atom. The van der Waals surface area contributed by atoms with E-state index >= 15 is 0 Å². The van der Waals surface area contributed by atoms with Crippen LogP contribution in [0, 0.1) is 18.2 Å². The highest BCUT2D eigenvalue weighted by atomic mass is 79.9. The fourth-order valence-corrected chi connectivity index (χ4v) is 2.30. The van der Waals surface area contributed by atoms with E-state index in [9.17, 15) is 4.39 Å². The Morgan fingerprint density at radius 2 is 2.05 bits per heavy atom. The first kappa shape index (κ1) is 14.5. The molecule has 104 valence electrons. The van der Waals surface area contributed by atoms with Crippen LogP contribution in [0.3, 0.4) is 0 Å². The highest BCUT2D eigenvalue weighted by molar-refractivity contribution is 9.10. The average Bonchev–Trinajstić information content (AvgIpc) is 2.37. The lowest BCUT2D eigenvalue weighted by molar-refractivity contribution is 0.303. The number of rotatable bonds is 4. The van der Waals surface area contributed by atoms with E-state index in [0.29, 0.717) is 11.1 Å². The summed E-state index contributed by atoms with van der Waals surface area (Å²) in [6.45, 7) is 2.16. The smallest absolute Gasteiger partial charge is 0.124 e. The molecular weight excluding hydrogens is 323 g/mol. The second-order valence-corrected chi connectivity index (χ2v) is 5.38. The van der Waals surface area contributed by atoms with Crippen molar-refractivity contribution in [3.05, 3.63) is 63.4 Å². The maximum absolute atomic E-state index is 13.4. The summed E-state index contributed by atoms with van der Waals surface area (Å²) in [5.74, 6) is 0.149. The lowest BCUT2D eigenvalue weighted by Gasteiger charge is -2.10. The first-order valence-corrected chi connectivity index (χ1v) is 6.78. The molecule has 2 rings (SSSR count). The maximum Gasteiger partial charge on any atom is 0.124 e. The zero-order valence-corrected chi connectivity index (χ0v) is 12.5.